The Morgan fingerprint density at radius 2 is 1.95 bits per heavy atom. The number of fused-ring (bicyclic) bond motifs is 1. The van der Waals surface area contributed by atoms with E-state index < -0.39 is 16.1 Å². The van der Waals surface area contributed by atoms with E-state index in [4.69, 9.17) is 4.74 Å². The lowest BCUT2D eigenvalue weighted by molar-refractivity contribution is 0.113. The van der Waals surface area contributed by atoms with Crippen molar-refractivity contribution in [1.29, 1.82) is 0 Å². The van der Waals surface area contributed by atoms with E-state index in [-0.39, 0.29) is 24.2 Å². The molecule has 0 spiro atoms. The molecule has 0 aliphatic carbocycles. The van der Waals surface area contributed by atoms with Crippen LogP contribution >= 0.6 is 0 Å². The minimum atomic E-state index is -3.68. The van der Waals surface area contributed by atoms with E-state index in [1.54, 1.807) is 25.3 Å². The third-order valence-corrected chi connectivity index (χ3v) is 6.18. The maximum absolute atomic E-state index is 13.0. The van der Waals surface area contributed by atoms with E-state index in [0.29, 0.717) is 11.8 Å². The number of hydrogen-bond acceptors (Lipinski definition) is 4. The fraction of sp³-hybridized carbons (Fsp3) is 0.375. The number of aliphatic hydroxyl groups excluding tert-OH is 1. The standard InChI is InChI=1S/C16H19NO4S/c1-21-14-9-13(11-18)17(10-14)22(19,20)16-8-4-6-12-5-2-3-7-15(12)16/h2-8,13-14,18H,9-11H2,1H3/t13-,14-/m0/s1. The lowest BCUT2D eigenvalue weighted by Crippen LogP contribution is -2.38. The SMILES string of the molecule is CO[C@H]1C[C@@H](CO)N(S(=O)(=O)c2cccc3ccccc23)C1. The fourth-order valence-corrected chi connectivity index (χ4v) is 4.90. The molecule has 2 aromatic rings. The number of sulfonamides is 1. The highest BCUT2D eigenvalue weighted by molar-refractivity contribution is 7.89. The Hall–Kier alpha value is -1.47. The molecule has 5 nitrogen and oxygen atoms in total. The minimum Gasteiger partial charge on any atom is -0.395 e. The molecule has 0 unspecified atom stereocenters. The molecule has 0 amide bonds. The Balaban J connectivity index is 2.09. The van der Waals surface area contributed by atoms with Gasteiger partial charge in [0.1, 0.15) is 0 Å². The molecule has 0 aromatic heterocycles. The summed E-state index contributed by atoms with van der Waals surface area (Å²) in [4.78, 5) is 0.279. The summed E-state index contributed by atoms with van der Waals surface area (Å²) >= 11 is 0. The molecule has 1 aliphatic heterocycles. The highest BCUT2D eigenvalue weighted by Crippen LogP contribution is 2.31. The van der Waals surface area contributed by atoms with Crippen molar-refractivity contribution in [3.8, 4) is 0 Å². The maximum atomic E-state index is 13.0. The lowest BCUT2D eigenvalue weighted by atomic mass is 10.1. The average molecular weight is 321 g/mol. The molecule has 1 saturated heterocycles. The van der Waals surface area contributed by atoms with Crippen molar-refractivity contribution in [3.63, 3.8) is 0 Å². The quantitative estimate of drug-likeness (QED) is 0.929. The number of hydrogen-bond donors (Lipinski definition) is 1. The number of aliphatic hydroxyl groups is 1. The van der Waals surface area contributed by atoms with E-state index in [0.717, 1.165) is 5.39 Å². The zero-order chi connectivity index (χ0) is 15.7. The van der Waals surface area contributed by atoms with Crippen molar-refractivity contribution >= 4 is 20.8 Å². The molecule has 2 aromatic carbocycles. The average Bonchev–Trinajstić information content (AvgIpc) is 2.98. The first-order valence-electron chi connectivity index (χ1n) is 7.21. The molecule has 6 heteroatoms. The Bertz CT molecular complexity index is 769. The van der Waals surface area contributed by atoms with Crippen LogP contribution in [0.4, 0.5) is 0 Å². The minimum absolute atomic E-state index is 0.179. The molecule has 1 aliphatic rings. The zero-order valence-electron chi connectivity index (χ0n) is 12.3. The van der Waals surface area contributed by atoms with E-state index >= 15 is 0 Å². The highest BCUT2D eigenvalue weighted by Gasteiger charge is 2.40. The highest BCUT2D eigenvalue weighted by atomic mass is 32.2. The Kier molecular flexibility index (Phi) is 4.18. The van der Waals surface area contributed by atoms with Crippen LogP contribution in [0.3, 0.4) is 0 Å². The van der Waals surface area contributed by atoms with Gasteiger partial charge in [0, 0.05) is 19.0 Å². The van der Waals surface area contributed by atoms with E-state index in [1.165, 1.54) is 4.31 Å². The molecule has 1 N–H and O–H groups in total. The van der Waals surface area contributed by atoms with Crippen LogP contribution in [0.1, 0.15) is 6.42 Å². The molecule has 22 heavy (non-hydrogen) atoms. The summed E-state index contributed by atoms with van der Waals surface area (Å²) in [7, 11) is -2.11. The lowest BCUT2D eigenvalue weighted by Gasteiger charge is -2.23. The summed E-state index contributed by atoms with van der Waals surface area (Å²) in [5, 5.41) is 11.1. The largest absolute Gasteiger partial charge is 0.395 e. The molecule has 0 saturated carbocycles. The summed E-state index contributed by atoms with van der Waals surface area (Å²) in [6.45, 7) is 0.0666. The van der Waals surface area contributed by atoms with Crippen molar-refractivity contribution in [1.82, 2.24) is 4.31 Å². The summed E-state index contributed by atoms with van der Waals surface area (Å²) in [5.41, 5.74) is 0. The summed E-state index contributed by atoms with van der Waals surface area (Å²) in [5.74, 6) is 0. The van der Waals surface area contributed by atoms with E-state index in [2.05, 4.69) is 0 Å². The monoisotopic (exact) mass is 321 g/mol. The molecular weight excluding hydrogens is 302 g/mol. The number of nitrogens with zero attached hydrogens (tertiary/aromatic N) is 1. The van der Waals surface area contributed by atoms with Crippen molar-refractivity contribution in [2.75, 3.05) is 20.3 Å². The number of rotatable bonds is 4. The van der Waals surface area contributed by atoms with Gasteiger partial charge in [-0.25, -0.2) is 8.42 Å². The first-order chi connectivity index (χ1) is 10.6. The first-order valence-corrected chi connectivity index (χ1v) is 8.65. The van der Waals surface area contributed by atoms with Crippen molar-refractivity contribution in [2.24, 2.45) is 0 Å². The Labute approximate surface area is 130 Å². The van der Waals surface area contributed by atoms with Crippen LogP contribution in [0.2, 0.25) is 0 Å². The molecule has 0 bridgehead atoms. The molecule has 1 heterocycles. The summed E-state index contributed by atoms with van der Waals surface area (Å²) in [6.07, 6.45) is 0.332. The molecule has 1 fully saturated rings. The molecular formula is C16H19NO4S. The zero-order valence-corrected chi connectivity index (χ0v) is 13.2. The van der Waals surface area contributed by atoms with Crippen LogP contribution in [0, 0.1) is 0 Å². The topological polar surface area (TPSA) is 66.8 Å². The van der Waals surface area contributed by atoms with E-state index in [1.807, 2.05) is 24.3 Å². The van der Waals surface area contributed by atoms with Gasteiger partial charge in [0.25, 0.3) is 0 Å². The van der Waals surface area contributed by atoms with Crippen LogP contribution in [-0.4, -0.2) is 50.2 Å². The van der Waals surface area contributed by atoms with Gasteiger partial charge in [-0.15, -0.1) is 0 Å². The van der Waals surface area contributed by atoms with Gasteiger partial charge in [0.05, 0.1) is 23.6 Å². The van der Waals surface area contributed by atoms with Gasteiger partial charge >= 0.3 is 0 Å². The van der Waals surface area contributed by atoms with Gasteiger partial charge in [-0.05, 0) is 17.9 Å². The summed E-state index contributed by atoms with van der Waals surface area (Å²) in [6, 6.07) is 12.2. The van der Waals surface area contributed by atoms with Gasteiger partial charge in [-0.1, -0.05) is 36.4 Å². The molecule has 0 radical (unpaired) electrons. The van der Waals surface area contributed by atoms with Gasteiger partial charge in [-0.2, -0.15) is 4.31 Å². The second kappa shape index (κ2) is 5.96. The molecule has 118 valence electrons. The predicted octanol–water partition coefficient (Wildman–Crippen LogP) is 1.61. The molecule has 2 atom stereocenters. The van der Waals surface area contributed by atoms with Crippen molar-refractivity contribution < 1.29 is 18.3 Å². The Morgan fingerprint density at radius 1 is 1.23 bits per heavy atom. The maximum Gasteiger partial charge on any atom is 0.244 e. The van der Waals surface area contributed by atoms with Gasteiger partial charge in [-0.3, -0.25) is 0 Å². The van der Waals surface area contributed by atoms with Crippen LogP contribution < -0.4 is 0 Å². The fourth-order valence-electron chi connectivity index (χ4n) is 3.02. The third-order valence-electron chi connectivity index (χ3n) is 4.21. The number of ether oxygens (including phenoxy) is 1. The van der Waals surface area contributed by atoms with Crippen LogP contribution in [0.5, 0.6) is 0 Å². The van der Waals surface area contributed by atoms with Crippen LogP contribution in [0.15, 0.2) is 47.4 Å². The number of benzene rings is 2. The second-order valence-corrected chi connectivity index (χ2v) is 7.34. The van der Waals surface area contributed by atoms with Gasteiger partial charge in [0.2, 0.25) is 10.0 Å². The van der Waals surface area contributed by atoms with Gasteiger partial charge in [0.15, 0.2) is 0 Å². The normalized spacial score (nSPS) is 23.2. The van der Waals surface area contributed by atoms with Crippen molar-refractivity contribution in [3.05, 3.63) is 42.5 Å². The molecule has 3 rings (SSSR count). The predicted molar refractivity (Wildman–Crippen MR) is 84.1 cm³/mol. The van der Waals surface area contributed by atoms with Crippen molar-refractivity contribution in [2.45, 2.75) is 23.5 Å². The third kappa shape index (κ3) is 2.52. The second-order valence-electron chi connectivity index (χ2n) is 5.48. The van der Waals surface area contributed by atoms with Crippen LogP contribution in [0.25, 0.3) is 10.8 Å². The first kappa shape index (κ1) is 15.4. The number of methoxy groups -OCH3 is 1. The Morgan fingerprint density at radius 3 is 2.68 bits per heavy atom. The van der Waals surface area contributed by atoms with Crippen LogP contribution in [-0.2, 0) is 14.8 Å². The van der Waals surface area contributed by atoms with E-state index in [9.17, 15) is 13.5 Å². The summed E-state index contributed by atoms with van der Waals surface area (Å²) < 4.78 is 32.7. The van der Waals surface area contributed by atoms with Gasteiger partial charge < -0.3 is 9.84 Å². The smallest absolute Gasteiger partial charge is 0.244 e.